The molecule has 0 aromatic heterocycles. The summed E-state index contributed by atoms with van der Waals surface area (Å²) in [5.41, 5.74) is 39.6. The van der Waals surface area contributed by atoms with E-state index in [4.69, 9.17) is 9.47 Å². The third kappa shape index (κ3) is 14.4. The van der Waals surface area contributed by atoms with Crippen LogP contribution in [-0.2, 0) is 32.5 Å². The molecule has 0 spiro atoms. The minimum Gasteiger partial charge on any atom is -0.459 e. The quantitative estimate of drug-likeness (QED) is 0.121. The van der Waals surface area contributed by atoms with E-state index in [1.165, 1.54) is 38.9 Å². The number of benzene rings is 16. The van der Waals surface area contributed by atoms with Crippen LogP contribution in [-0.4, -0.2) is 13.4 Å². The summed E-state index contributed by atoms with van der Waals surface area (Å²) < 4.78 is 16.9. The minimum atomic E-state index is -0.472. The molecule has 0 amide bonds. The van der Waals surface area contributed by atoms with Crippen molar-refractivity contribution >= 4 is 80.3 Å². The fourth-order valence-corrected chi connectivity index (χ4v) is 19.7. The van der Waals surface area contributed by atoms with Crippen LogP contribution in [0.3, 0.4) is 0 Å². The SMILES string of the molecule is CC(C)(C)c1ccc(-c2cccc(-c3ccc(C(C)(C)C)cc3)c2N2c3cc(-c4ccccc4)ccc3B3c4c2cc(-c2ccccc2)cc4N(c2c(-c4ccccc4)cccc2-c2ccccc2)c2cc4c5c(c23)Oc2ccc(-c3ccccc3)cc2B5c2cc(-c3cc(C(C)(C)C)cc(C(C)(C)C)c3)cc(-c3cc(C(C)(C)C)cc(C(C)(C)C)c3)c2O4)cc1. The summed E-state index contributed by atoms with van der Waals surface area (Å²) in [4.78, 5) is 5.36. The fraction of sp³-hybridized carbons (Fsp3) is 0.200. The predicted octanol–water partition coefficient (Wildman–Crippen LogP) is 29.3. The van der Waals surface area contributed by atoms with Crippen molar-refractivity contribution in [1.29, 1.82) is 0 Å². The maximum atomic E-state index is 8.46. The van der Waals surface area contributed by atoms with E-state index >= 15 is 0 Å². The van der Waals surface area contributed by atoms with Crippen molar-refractivity contribution in [3.8, 4) is 123 Å². The highest BCUT2D eigenvalue weighted by Crippen LogP contribution is 2.57. The van der Waals surface area contributed by atoms with Crippen molar-refractivity contribution in [3.05, 3.63) is 373 Å². The first kappa shape index (κ1) is 81.2. The van der Waals surface area contributed by atoms with E-state index < -0.39 is 13.4 Å². The molecule has 126 heavy (non-hydrogen) atoms. The molecule has 4 heterocycles. The smallest absolute Gasteiger partial charge is 0.260 e. The van der Waals surface area contributed by atoms with Crippen LogP contribution < -0.4 is 52.1 Å². The molecule has 618 valence electrons. The lowest BCUT2D eigenvalue weighted by molar-refractivity contribution is 0.468. The van der Waals surface area contributed by atoms with E-state index in [-0.39, 0.29) is 32.5 Å². The van der Waals surface area contributed by atoms with E-state index in [2.05, 4.69) is 474 Å². The minimum absolute atomic E-state index is 0.0770. The molecule has 0 saturated heterocycles. The van der Waals surface area contributed by atoms with Gasteiger partial charge in [0.25, 0.3) is 13.4 Å². The molecule has 0 bridgehead atoms. The Hall–Kier alpha value is -13.2. The predicted molar refractivity (Wildman–Crippen MR) is 539 cm³/mol. The van der Waals surface area contributed by atoms with Crippen LogP contribution in [0.5, 0.6) is 23.0 Å². The molecule has 4 aliphatic rings. The number of fused-ring (bicyclic) bond motifs is 9. The van der Waals surface area contributed by atoms with Gasteiger partial charge in [-0.15, -0.1) is 0 Å². The summed E-state index contributed by atoms with van der Waals surface area (Å²) in [5, 5.41) is 0. The van der Waals surface area contributed by atoms with Gasteiger partial charge in [-0.3, -0.25) is 0 Å². The molecule has 0 radical (unpaired) electrons. The first-order valence-corrected chi connectivity index (χ1v) is 45.2. The third-order valence-electron chi connectivity index (χ3n) is 26.9. The molecule has 0 fully saturated rings. The van der Waals surface area contributed by atoms with E-state index in [1.807, 2.05) is 0 Å². The Bertz CT molecular complexity index is 6770. The van der Waals surface area contributed by atoms with Crippen LogP contribution in [0, 0.1) is 0 Å². The summed E-state index contributed by atoms with van der Waals surface area (Å²) in [5.74, 6) is 3.18. The van der Waals surface area contributed by atoms with Gasteiger partial charge in [0, 0.05) is 62.1 Å². The van der Waals surface area contributed by atoms with Crippen molar-refractivity contribution in [2.75, 3.05) is 9.80 Å². The van der Waals surface area contributed by atoms with Crippen molar-refractivity contribution in [2.24, 2.45) is 0 Å². The van der Waals surface area contributed by atoms with Crippen molar-refractivity contribution in [3.63, 3.8) is 0 Å². The lowest BCUT2D eigenvalue weighted by atomic mass is 9.30. The summed E-state index contributed by atoms with van der Waals surface area (Å²) >= 11 is 0. The second-order valence-corrected chi connectivity index (χ2v) is 41.7. The van der Waals surface area contributed by atoms with Gasteiger partial charge in [0.1, 0.15) is 23.0 Å². The van der Waals surface area contributed by atoms with E-state index in [1.54, 1.807) is 0 Å². The molecule has 6 heteroatoms. The highest BCUT2D eigenvalue weighted by atomic mass is 16.5. The maximum Gasteiger partial charge on any atom is 0.260 e. The van der Waals surface area contributed by atoms with Gasteiger partial charge in [0.05, 0.1) is 11.4 Å². The van der Waals surface area contributed by atoms with E-state index in [9.17, 15) is 0 Å². The number of rotatable bonds is 11. The molecule has 16 aromatic rings. The first-order chi connectivity index (χ1) is 60.3. The van der Waals surface area contributed by atoms with E-state index in [0.29, 0.717) is 0 Å². The number of hydrogen-bond donors (Lipinski definition) is 0. The Morgan fingerprint density at radius 1 is 0.190 bits per heavy atom. The summed E-state index contributed by atoms with van der Waals surface area (Å²) in [7, 11) is 0. The Labute approximate surface area is 747 Å². The molecule has 0 saturated carbocycles. The lowest BCUT2D eigenvalue weighted by Crippen LogP contribution is -2.65. The van der Waals surface area contributed by atoms with Crippen LogP contribution in [0.15, 0.2) is 340 Å². The molecule has 0 N–H and O–H groups in total. The van der Waals surface area contributed by atoms with Gasteiger partial charge in [-0.25, -0.2) is 0 Å². The largest absolute Gasteiger partial charge is 0.459 e. The van der Waals surface area contributed by atoms with Gasteiger partial charge in [-0.2, -0.15) is 0 Å². The number of nitrogens with zero attached hydrogens (tertiary/aromatic N) is 2. The summed E-state index contributed by atoms with van der Waals surface area (Å²) in [6.07, 6.45) is 0. The van der Waals surface area contributed by atoms with Crippen LogP contribution in [0.25, 0.3) is 100 Å². The van der Waals surface area contributed by atoms with Crippen LogP contribution >= 0.6 is 0 Å². The molecule has 0 atom stereocenters. The monoisotopic (exact) mass is 1630 g/mol. The number of anilines is 6. The number of hydrogen-bond acceptors (Lipinski definition) is 4. The average Bonchev–Trinajstić information content (AvgIpc) is 0.672. The molecular formula is C120H110B2N2O2. The van der Waals surface area contributed by atoms with Gasteiger partial charge < -0.3 is 19.3 Å². The van der Waals surface area contributed by atoms with Gasteiger partial charge in [0.15, 0.2) is 0 Å². The molecule has 0 aliphatic carbocycles. The molecule has 4 nitrogen and oxygen atoms in total. The van der Waals surface area contributed by atoms with Crippen LogP contribution in [0.1, 0.15) is 158 Å². The number of ether oxygens (including phenoxy) is 2. The van der Waals surface area contributed by atoms with Crippen molar-refractivity contribution in [1.82, 2.24) is 0 Å². The molecule has 0 unspecified atom stereocenters. The summed E-state index contributed by atoms with van der Waals surface area (Å²) in [6, 6.07) is 130. The molecule has 20 rings (SSSR count). The average molecular weight is 1630 g/mol. The van der Waals surface area contributed by atoms with Crippen molar-refractivity contribution in [2.45, 2.75) is 157 Å². The highest BCUT2D eigenvalue weighted by Gasteiger charge is 2.52. The standard InChI is InChI=1S/C120H110B2N2O2/c1-115(2,3)88-56-50-80(51-57-88)96-48-35-49-97(81-52-58-89(59-53-81)116(4,5)6)111(96)123-102-69-83(76-38-26-20-27-39-76)54-60-99(102)122-108-103(123)70-86(77-40-28-21-29-41-77)71-104(108)124(112-94(78-42-30-22-31-43-78)46-34-47-95(112)79-44-32-23-33-45-79)105-74-107-110-114(109(105)122)125-106-61-55-82(75-36-24-19-25-37-75)67-100(106)121(110)101-68-85(84-62-90(117(7,8)9)72-91(63-84)118(10,11)12)66-98(113(101)126-107)87-64-92(119(13,14)15)73-93(65-87)120(16,17)18/h19-74H,1-18H3. The Morgan fingerprint density at radius 3 is 0.960 bits per heavy atom. The highest BCUT2D eigenvalue weighted by molar-refractivity contribution is 7.03. The topological polar surface area (TPSA) is 24.9 Å². The lowest BCUT2D eigenvalue weighted by Gasteiger charge is -2.47. The van der Waals surface area contributed by atoms with E-state index in [0.717, 1.165) is 184 Å². The zero-order chi connectivity index (χ0) is 87.4. The Morgan fingerprint density at radius 2 is 0.524 bits per heavy atom. The normalized spacial score (nSPS) is 13.4. The zero-order valence-corrected chi connectivity index (χ0v) is 76.2. The van der Waals surface area contributed by atoms with Gasteiger partial charge >= 0.3 is 0 Å². The number of para-hydroxylation sites is 2. The second-order valence-electron chi connectivity index (χ2n) is 41.7. The molecule has 16 aromatic carbocycles. The van der Waals surface area contributed by atoms with Gasteiger partial charge in [-0.05, 0) is 196 Å². The zero-order valence-electron chi connectivity index (χ0n) is 76.2. The third-order valence-corrected chi connectivity index (χ3v) is 26.9. The Kier molecular flexibility index (Phi) is 19.6. The maximum absolute atomic E-state index is 8.46. The van der Waals surface area contributed by atoms with Gasteiger partial charge in [-0.1, -0.05) is 428 Å². The molecule has 4 aliphatic heterocycles. The van der Waals surface area contributed by atoms with Gasteiger partial charge in [0.2, 0.25) is 0 Å². The van der Waals surface area contributed by atoms with Crippen LogP contribution in [0.2, 0.25) is 0 Å². The fourth-order valence-electron chi connectivity index (χ4n) is 19.7. The van der Waals surface area contributed by atoms with Crippen molar-refractivity contribution < 1.29 is 9.47 Å². The van der Waals surface area contributed by atoms with Crippen LogP contribution in [0.4, 0.5) is 34.1 Å². The second kappa shape index (κ2) is 30.3. The molecular weight excluding hydrogens is 1520 g/mol. The first-order valence-electron chi connectivity index (χ1n) is 45.2. The summed E-state index contributed by atoms with van der Waals surface area (Å²) in [6.45, 7) is 41.2. The Balaban J connectivity index is 0.972.